The molecule has 0 unspecified atom stereocenters. The molecule has 1 rings (SSSR count). The van der Waals surface area contributed by atoms with Gasteiger partial charge in [-0.15, -0.1) is 0 Å². The molecular formula is C8H13Br. The van der Waals surface area contributed by atoms with Crippen molar-refractivity contribution in [2.45, 2.75) is 32.1 Å². The number of allylic oxidation sites excluding steroid dienone is 1. The molecule has 0 saturated heterocycles. The van der Waals surface area contributed by atoms with Gasteiger partial charge in [0.25, 0.3) is 0 Å². The van der Waals surface area contributed by atoms with Crippen molar-refractivity contribution in [1.29, 1.82) is 0 Å². The first-order valence-corrected chi connectivity index (χ1v) is 4.44. The van der Waals surface area contributed by atoms with E-state index in [0.29, 0.717) is 0 Å². The molecule has 0 radical (unpaired) electrons. The zero-order valence-corrected chi connectivity index (χ0v) is 7.28. The van der Waals surface area contributed by atoms with Crippen LogP contribution in [0.15, 0.2) is 11.1 Å². The predicted molar refractivity (Wildman–Crippen MR) is 44.6 cm³/mol. The first kappa shape index (κ1) is 7.33. The highest BCUT2D eigenvalue weighted by molar-refractivity contribution is 9.11. The predicted octanol–water partition coefficient (Wildman–Crippen LogP) is 3.48. The summed E-state index contributed by atoms with van der Waals surface area (Å²) in [5.74, 6) is 0.777. The van der Waals surface area contributed by atoms with Gasteiger partial charge in [-0.3, -0.25) is 0 Å². The van der Waals surface area contributed by atoms with Crippen LogP contribution in [-0.4, -0.2) is 0 Å². The summed E-state index contributed by atoms with van der Waals surface area (Å²) >= 11 is 3.44. The molecule has 0 bridgehead atoms. The lowest BCUT2D eigenvalue weighted by Gasteiger charge is -2.19. The third-order valence-electron chi connectivity index (χ3n) is 2.05. The van der Waals surface area contributed by atoms with E-state index in [1.807, 2.05) is 0 Å². The van der Waals surface area contributed by atoms with Crippen LogP contribution >= 0.6 is 15.9 Å². The van der Waals surface area contributed by atoms with Crippen molar-refractivity contribution in [2.24, 2.45) is 5.92 Å². The minimum Gasteiger partial charge on any atom is -0.0886 e. The first-order chi connectivity index (χ1) is 4.30. The lowest BCUT2D eigenvalue weighted by atomic mass is 9.89. The van der Waals surface area contributed by atoms with Gasteiger partial charge in [0.15, 0.2) is 0 Å². The quantitative estimate of drug-likeness (QED) is 0.592. The molecule has 0 aromatic heterocycles. The monoisotopic (exact) mass is 188 g/mol. The maximum Gasteiger partial charge on any atom is -0.00902 e. The van der Waals surface area contributed by atoms with Crippen LogP contribution in [0.4, 0.5) is 0 Å². The van der Waals surface area contributed by atoms with Crippen LogP contribution in [-0.2, 0) is 0 Å². The molecule has 0 heterocycles. The van der Waals surface area contributed by atoms with E-state index in [0.717, 1.165) is 5.92 Å². The number of hydrogen-bond donors (Lipinski definition) is 0. The highest BCUT2D eigenvalue weighted by Gasteiger charge is 2.13. The molecule has 0 aromatic rings. The second-order valence-corrected chi connectivity index (χ2v) is 3.80. The average molecular weight is 189 g/mol. The molecule has 0 aromatic carbocycles. The van der Waals surface area contributed by atoms with E-state index >= 15 is 0 Å². The standard InChI is InChI=1S/C8H13Br/c1-7(9)8-5-3-2-4-6-8/h8H,1-6H2. The highest BCUT2D eigenvalue weighted by atomic mass is 79.9. The Morgan fingerprint density at radius 3 is 2.11 bits per heavy atom. The summed E-state index contributed by atoms with van der Waals surface area (Å²) in [5.41, 5.74) is 0. The summed E-state index contributed by atoms with van der Waals surface area (Å²) in [7, 11) is 0. The van der Waals surface area contributed by atoms with E-state index in [-0.39, 0.29) is 0 Å². The first-order valence-electron chi connectivity index (χ1n) is 3.65. The van der Waals surface area contributed by atoms with Crippen molar-refractivity contribution >= 4 is 15.9 Å². The van der Waals surface area contributed by atoms with Crippen molar-refractivity contribution in [3.63, 3.8) is 0 Å². The molecular weight excluding hydrogens is 176 g/mol. The lowest BCUT2D eigenvalue weighted by molar-refractivity contribution is 0.416. The van der Waals surface area contributed by atoms with Crippen LogP contribution in [0, 0.1) is 5.92 Å². The van der Waals surface area contributed by atoms with Gasteiger partial charge in [-0.2, -0.15) is 0 Å². The van der Waals surface area contributed by atoms with Crippen LogP contribution in [0.25, 0.3) is 0 Å². The zero-order chi connectivity index (χ0) is 6.69. The normalized spacial score (nSPS) is 21.9. The molecule has 1 aliphatic rings. The molecule has 1 heteroatoms. The summed E-state index contributed by atoms with van der Waals surface area (Å²) in [6.45, 7) is 3.90. The Hall–Kier alpha value is 0.220. The number of rotatable bonds is 1. The Balaban J connectivity index is 2.31. The van der Waals surface area contributed by atoms with E-state index < -0.39 is 0 Å². The lowest BCUT2D eigenvalue weighted by Crippen LogP contribution is -2.04. The highest BCUT2D eigenvalue weighted by Crippen LogP contribution is 2.31. The second kappa shape index (κ2) is 3.40. The van der Waals surface area contributed by atoms with Crippen molar-refractivity contribution in [3.8, 4) is 0 Å². The van der Waals surface area contributed by atoms with Crippen LogP contribution in [0.3, 0.4) is 0 Å². The second-order valence-electron chi connectivity index (χ2n) is 2.78. The van der Waals surface area contributed by atoms with Crippen molar-refractivity contribution < 1.29 is 0 Å². The number of halogens is 1. The van der Waals surface area contributed by atoms with Crippen molar-refractivity contribution in [3.05, 3.63) is 11.1 Å². The minimum atomic E-state index is 0.777. The van der Waals surface area contributed by atoms with Crippen LogP contribution < -0.4 is 0 Å². The smallest absolute Gasteiger partial charge is 0.00902 e. The molecule has 52 valence electrons. The molecule has 1 fully saturated rings. The van der Waals surface area contributed by atoms with Crippen LogP contribution in [0.1, 0.15) is 32.1 Å². The number of hydrogen-bond acceptors (Lipinski definition) is 0. The van der Waals surface area contributed by atoms with Gasteiger partial charge in [0.05, 0.1) is 0 Å². The van der Waals surface area contributed by atoms with Gasteiger partial charge < -0.3 is 0 Å². The molecule has 0 N–H and O–H groups in total. The summed E-state index contributed by atoms with van der Waals surface area (Å²) in [6, 6.07) is 0. The van der Waals surface area contributed by atoms with Gasteiger partial charge in [-0.05, 0) is 23.2 Å². The van der Waals surface area contributed by atoms with Gasteiger partial charge in [-0.25, -0.2) is 0 Å². The third kappa shape index (κ3) is 2.13. The summed E-state index contributed by atoms with van der Waals surface area (Å²) in [5, 5.41) is 0. The summed E-state index contributed by atoms with van der Waals surface area (Å²) in [4.78, 5) is 0. The fourth-order valence-corrected chi connectivity index (χ4v) is 1.87. The molecule has 9 heavy (non-hydrogen) atoms. The molecule has 0 atom stereocenters. The van der Waals surface area contributed by atoms with Gasteiger partial charge in [0.2, 0.25) is 0 Å². The largest absolute Gasteiger partial charge is 0.0886 e. The van der Waals surface area contributed by atoms with E-state index in [9.17, 15) is 0 Å². The summed E-state index contributed by atoms with van der Waals surface area (Å²) < 4.78 is 1.21. The fourth-order valence-electron chi connectivity index (χ4n) is 1.42. The third-order valence-corrected chi connectivity index (χ3v) is 2.70. The van der Waals surface area contributed by atoms with Gasteiger partial charge in [0.1, 0.15) is 0 Å². The molecule has 0 amide bonds. The molecule has 0 aliphatic heterocycles. The Morgan fingerprint density at radius 1 is 1.22 bits per heavy atom. The van der Waals surface area contributed by atoms with Gasteiger partial charge in [0, 0.05) is 0 Å². The van der Waals surface area contributed by atoms with E-state index in [2.05, 4.69) is 22.5 Å². The van der Waals surface area contributed by atoms with Crippen molar-refractivity contribution in [2.75, 3.05) is 0 Å². The fraction of sp³-hybridized carbons (Fsp3) is 0.750. The Labute approximate surface area is 65.5 Å². The Kier molecular flexibility index (Phi) is 2.77. The summed E-state index contributed by atoms with van der Waals surface area (Å²) in [6.07, 6.45) is 6.93. The maximum absolute atomic E-state index is 3.90. The topological polar surface area (TPSA) is 0 Å². The van der Waals surface area contributed by atoms with Gasteiger partial charge >= 0.3 is 0 Å². The van der Waals surface area contributed by atoms with Crippen LogP contribution in [0.5, 0.6) is 0 Å². The van der Waals surface area contributed by atoms with E-state index in [1.54, 1.807) is 0 Å². The van der Waals surface area contributed by atoms with E-state index in [1.165, 1.54) is 36.6 Å². The SMILES string of the molecule is C=C(Br)C1CCCCC1. The van der Waals surface area contributed by atoms with Crippen LogP contribution in [0.2, 0.25) is 0 Å². The van der Waals surface area contributed by atoms with E-state index in [4.69, 9.17) is 0 Å². The van der Waals surface area contributed by atoms with Gasteiger partial charge in [-0.1, -0.05) is 41.8 Å². The Bertz CT molecular complexity index is 101. The Morgan fingerprint density at radius 2 is 1.78 bits per heavy atom. The maximum atomic E-state index is 3.90. The van der Waals surface area contributed by atoms with Crippen molar-refractivity contribution in [1.82, 2.24) is 0 Å². The molecule has 0 spiro atoms. The molecule has 1 aliphatic carbocycles. The molecule has 1 saturated carbocycles. The average Bonchev–Trinajstić information content (AvgIpc) is 1.90. The zero-order valence-electron chi connectivity index (χ0n) is 5.70. The minimum absolute atomic E-state index is 0.777. The molecule has 0 nitrogen and oxygen atoms in total.